The minimum Gasteiger partial charge on any atom is -0.370 e. The molecule has 2 aromatic rings. The van der Waals surface area contributed by atoms with Crippen molar-refractivity contribution in [2.24, 2.45) is 10.7 Å². The lowest BCUT2D eigenvalue weighted by molar-refractivity contribution is -0.124. The molecule has 1 heterocycles. The first-order valence-electron chi connectivity index (χ1n) is 6.57. The molecule has 0 saturated carbocycles. The number of carbonyl (C=O) groups is 1. The predicted molar refractivity (Wildman–Crippen MR) is 78.0 cm³/mol. The summed E-state index contributed by atoms with van der Waals surface area (Å²) in [4.78, 5) is 16.7. The molecule has 106 valence electrons. The average molecular weight is 283 g/mol. The zero-order chi connectivity index (χ0) is 14.9. The number of hydrogen-bond donors (Lipinski definition) is 2. The van der Waals surface area contributed by atoms with Crippen molar-refractivity contribution in [1.29, 1.82) is 0 Å². The number of halogens is 1. The number of guanidine groups is 1. The lowest BCUT2D eigenvalue weighted by Gasteiger charge is -2.24. The van der Waals surface area contributed by atoms with Crippen LogP contribution in [0.5, 0.6) is 0 Å². The van der Waals surface area contributed by atoms with Crippen molar-refractivity contribution in [2.75, 3.05) is 0 Å². The van der Waals surface area contributed by atoms with Crippen LogP contribution < -0.4 is 11.1 Å². The molecule has 21 heavy (non-hydrogen) atoms. The van der Waals surface area contributed by atoms with Gasteiger partial charge in [-0.1, -0.05) is 42.5 Å². The molecule has 0 saturated heterocycles. The topological polar surface area (TPSA) is 67.5 Å². The molecular weight excluding hydrogens is 269 g/mol. The second kappa shape index (κ2) is 5.01. The summed E-state index contributed by atoms with van der Waals surface area (Å²) in [5.41, 5.74) is 6.15. The van der Waals surface area contributed by atoms with E-state index in [1.54, 1.807) is 12.1 Å². The highest BCUT2D eigenvalue weighted by atomic mass is 19.1. The van der Waals surface area contributed by atoms with E-state index in [0.29, 0.717) is 6.42 Å². The molecule has 0 fully saturated rings. The standard InChI is InChI=1S/C16H14FN3O/c17-13-8-6-11(7-9-13)10-16(12-4-2-1-3-5-12)14(21)19-15(18)20-16/h1-9H,10H2,(H3,18,19,20,21)/t16-/m1/s1. The van der Waals surface area contributed by atoms with Crippen LogP contribution in [0.3, 0.4) is 0 Å². The zero-order valence-corrected chi connectivity index (χ0v) is 11.2. The molecule has 0 aliphatic carbocycles. The van der Waals surface area contributed by atoms with Crippen molar-refractivity contribution in [3.8, 4) is 0 Å². The van der Waals surface area contributed by atoms with Gasteiger partial charge in [-0.25, -0.2) is 9.38 Å². The van der Waals surface area contributed by atoms with E-state index in [0.717, 1.165) is 11.1 Å². The number of nitrogens with one attached hydrogen (secondary N) is 1. The van der Waals surface area contributed by atoms with Gasteiger partial charge in [-0.15, -0.1) is 0 Å². The van der Waals surface area contributed by atoms with Crippen LogP contribution in [0.1, 0.15) is 11.1 Å². The lowest BCUT2D eigenvalue weighted by atomic mass is 9.84. The molecule has 4 nitrogen and oxygen atoms in total. The van der Waals surface area contributed by atoms with E-state index in [2.05, 4.69) is 10.3 Å². The third kappa shape index (κ3) is 2.38. The summed E-state index contributed by atoms with van der Waals surface area (Å²) < 4.78 is 13.0. The van der Waals surface area contributed by atoms with Crippen LogP contribution in [-0.4, -0.2) is 11.9 Å². The summed E-state index contributed by atoms with van der Waals surface area (Å²) in [6, 6.07) is 15.3. The smallest absolute Gasteiger partial charge is 0.259 e. The van der Waals surface area contributed by atoms with Gasteiger partial charge in [-0.05, 0) is 23.3 Å². The quantitative estimate of drug-likeness (QED) is 0.900. The van der Waals surface area contributed by atoms with E-state index in [1.807, 2.05) is 30.3 Å². The highest BCUT2D eigenvalue weighted by molar-refractivity contribution is 6.07. The van der Waals surface area contributed by atoms with Crippen molar-refractivity contribution in [1.82, 2.24) is 5.32 Å². The summed E-state index contributed by atoms with van der Waals surface area (Å²) in [5.74, 6) is -0.479. The normalized spacial score (nSPS) is 21.0. The Morgan fingerprint density at radius 2 is 1.76 bits per heavy atom. The van der Waals surface area contributed by atoms with Crippen LogP contribution >= 0.6 is 0 Å². The molecule has 3 N–H and O–H groups in total. The molecule has 0 aromatic heterocycles. The maximum Gasteiger partial charge on any atom is 0.259 e. The van der Waals surface area contributed by atoms with Gasteiger partial charge in [0.25, 0.3) is 5.91 Å². The van der Waals surface area contributed by atoms with Gasteiger partial charge in [0.15, 0.2) is 11.5 Å². The van der Waals surface area contributed by atoms with Gasteiger partial charge in [-0.3, -0.25) is 10.1 Å². The molecule has 5 heteroatoms. The van der Waals surface area contributed by atoms with Gasteiger partial charge in [-0.2, -0.15) is 0 Å². The van der Waals surface area contributed by atoms with Crippen LogP contribution in [0, 0.1) is 5.82 Å². The van der Waals surface area contributed by atoms with Crippen LogP contribution in [0.2, 0.25) is 0 Å². The van der Waals surface area contributed by atoms with Gasteiger partial charge in [0, 0.05) is 6.42 Å². The van der Waals surface area contributed by atoms with Crippen molar-refractivity contribution in [2.45, 2.75) is 12.0 Å². The first kappa shape index (κ1) is 13.3. The second-order valence-corrected chi connectivity index (χ2v) is 4.98. The van der Waals surface area contributed by atoms with Crippen LogP contribution in [0.4, 0.5) is 4.39 Å². The third-order valence-corrected chi connectivity index (χ3v) is 3.55. The molecule has 1 aliphatic rings. The zero-order valence-electron chi connectivity index (χ0n) is 11.2. The van der Waals surface area contributed by atoms with Gasteiger partial charge in [0.1, 0.15) is 5.82 Å². The lowest BCUT2D eigenvalue weighted by Crippen LogP contribution is -2.40. The third-order valence-electron chi connectivity index (χ3n) is 3.55. The summed E-state index contributed by atoms with van der Waals surface area (Å²) >= 11 is 0. The highest BCUT2D eigenvalue weighted by Gasteiger charge is 2.44. The number of carbonyl (C=O) groups excluding carboxylic acids is 1. The maximum atomic E-state index is 13.0. The number of nitrogens with two attached hydrogens (primary N) is 1. The minimum absolute atomic E-state index is 0.103. The Hall–Kier alpha value is -2.69. The first-order chi connectivity index (χ1) is 10.1. The summed E-state index contributed by atoms with van der Waals surface area (Å²) in [5, 5.41) is 2.55. The molecule has 1 aliphatic heterocycles. The van der Waals surface area contributed by atoms with E-state index in [-0.39, 0.29) is 17.7 Å². The van der Waals surface area contributed by atoms with Crippen LogP contribution in [0.15, 0.2) is 59.6 Å². The molecule has 0 bridgehead atoms. The molecule has 0 unspecified atom stereocenters. The molecular formula is C16H14FN3O. The Balaban J connectivity index is 2.06. The fourth-order valence-electron chi connectivity index (χ4n) is 2.53. The van der Waals surface area contributed by atoms with Gasteiger partial charge in [0.05, 0.1) is 0 Å². The SMILES string of the molecule is NC1=N[C@](Cc2ccc(F)cc2)(c2ccccc2)C(=O)N1. The fraction of sp³-hybridized carbons (Fsp3) is 0.125. The largest absolute Gasteiger partial charge is 0.370 e. The fourth-order valence-corrected chi connectivity index (χ4v) is 2.53. The molecule has 3 rings (SSSR count). The Bertz CT molecular complexity index is 697. The van der Waals surface area contributed by atoms with Crippen molar-refractivity contribution < 1.29 is 9.18 Å². The van der Waals surface area contributed by atoms with Gasteiger partial charge < -0.3 is 5.73 Å². The molecule has 1 atom stereocenters. The number of aliphatic imine (C=N–C) groups is 1. The van der Waals surface area contributed by atoms with Gasteiger partial charge in [0.2, 0.25) is 0 Å². The number of rotatable bonds is 3. The number of benzene rings is 2. The van der Waals surface area contributed by atoms with E-state index in [4.69, 9.17) is 5.73 Å². The van der Waals surface area contributed by atoms with Crippen molar-refractivity contribution >= 4 is 11.9 Å². The Morgan fingerprint density at radius 1 is 1.10 bits per heavy atom. The maximum absolute atomic E-state index is 13.0. The molecule has 2 aromatic carbocycles. The first-order valence-corrected chi connectivity index (χ1v) is 6.57. The number of amides is 1. The Kier molecular flexibility index (Phi) is 3.17. The average Bonchev–Trinajstić information content (AvgIpc) is 2.77. The van der Waals surface area contributed by atoms with Gasteiger partial charge >= 0.3 is 0 Å². The predicted octanol–water partition coefficient (Wildman–Crippen LogP) is 1.71. The van der Waals surface area contributed by atoms with E-state index in [1.165, 1.54) is 12.1 Å². The van der Waals surface area contributed by atoms with Crippen LogP contribution in [0.25, 0.3) is 0 Å². The van der Waals surface area contributed by atoms with Crippen molar-refractivity contribution in [3.63, 3.8) is 0 Å². The number of nitrogens with zero attached hydrogens (tertiary/aromatic N) is 1. The summed E-state index contributed by atoms with van der Waals surface area (Å²) in [6.45, 7) is 0. The molecule has 1 amide bonds. The van der Waals surface area contributed by atoms with Crippen molar-refractivity contribution in [3.05, 3.63) is 71.5 Å². The summed E-state index contributed by atoms with van der Waals surface area (Å²) in [6.07, 6.45) is 0.323. The van der Waals surface area contributed by atoms with Crippen LogP contribution in [-0.2, 0) is 16.8 Å². The monoisotopic (exact) mass is 283 g/mol. The Morgan fingerprint density at radius 3 is 2.33 bits per heavy atom. The minimum atomic E-state index is -1.09. The second-order valence-electron chi connectivity index (χ2n) is 4.98. The molecule has 0 radical (unpaired) electrons. The Labute approximate surface area is 121 Å². The highest BCUT2D eigenvalue weighted by Crippen LogP contribution is 2.33. The van der Waals surface area contributed by atoms with E-state index in [9.17, 15) is 9.18 Å². The number of hydrogen-bond acceptors (Lipinski definition) is 3. The van der Waals surface area contributed by atoms with E-state index >= 15 is 0 Å². The summed E-state index contributed by atoms with van der Waals surface area (Å²) in [7, 11) is 0. The molecule has 0 spiro atoms. The van der Waals surface area contributed by atoms with E-state index < -0.39 is 5.54 Å².